The quantitative estimate of drug-likeness (QED) is 0.236. The zero-order valence-corrected chi connectivity index (χ0v) is 22.2. The number of amides is 2. The van der Waals surface area contributed by atoms with Crippen LogP contribution in [-0.2, 0) is 22.6 Å². The molecule has 5 heteroatoms. The molecule has 0 aromatic heterocycles. The summed E-state index contributed by atoms with van der Waals surface area (Å²) in [5, 5.41) is 5.06. The van der Waals surface area contributed by atoms with Crippen molar-refractivity contribution in [3.63, 3.8) is 0 Å². The summed E-state index contributed by atoms with van der Waals surface area (Å²) >= 11 is 0. The number of fused-ring (bicyclic) bond motifs is 1. The van der Waals surface area contributed by atoms with Crippen LogP contribution < -0.4 is 10.1 Å². The van der Waals surface area contributed by atoms with Gasteiger partial charge in [0.25, 0.3) is 5.91 Å². The maximum absolute atomic E-state index is 13.8. The Morgan fingerprint density at radius 3 is 2.32 bits per heavy atom. The predicted octanol–water partition coefficient (Wildman–Crippen LogP) is 6.08. The molecule has 4 aromatic rings. The number of nitrogens with one attached hydrogen (secondary N) is 1. The Balaban J connectivity index is 1.62. The van der Waals surface area contributed by atoms with Crippen LogP contribution in [0.2, 0.25) is 0 Å². The topological polar surface area (TPSA) is 58.6 Å². The molecule has 0 aliphatic rings. The molecule has 0 bridgehead atoms. The second-order valence-corrected chi connectivity index (χ2v) is 9.62. The molecule has 4 rings (SSSR count). The van der Waals surface area contributed by atoms with Gasteiger partial charge in [-0.05, 0) is 35.9 Å². The van der Waals surface area contributed by atoms with Crippen LogP contribution in [0.3, 0.4) is 0 Å². The molecular formula is C33H36N2O3. The average Bonchev–Trinajstić information content (AvgIpc) is 2.95. The summed E-state index contributed by atoms with van der Waals surface area (Å²) in [5.41, 5.74) is 3.11. The van der Waals surface area contributed by atoms with E-state index in [-0.39, 0.29) is 18.4 Å². The van der Waals surface area contributed by atoms with Gasteiger partial charge in [0.05, 0.1) is 0 Å². The summed E-state index contributed by atoms with van der Waals surface area (Å²) < 4.78 is 6.07. The number of rotatable bonds is 12. The zero-order valence-electron chi connectivity index (χ0n) is 22.2. The Morgan fingerprint density at radius 1 is 0.842 bits per heavy atom. The van der Waals surface area contributed by atoms with E-state index in [1.165, 1.54) is 0 Å². The van der Waals surface area contributed by atoms with Crippen molar-refractivity contribution in [2.45, 2.75) is 45.7 Å². The number of aryl methyl sites for hydroxylation is 1. The molecule has 4 aromatic carbocycles. The minimum absolute atomic E-state index is 0.145. The van der Waals surface area contributed by atoms with E-state index in [9.17, 15) is 9.59 Å². The summed E-state index contributed by atoms with van der Waals surface area (Å²) in [4.78, 5) is 29.0. The molecule has 0 unspecified atom stereocenters. The molecular weight excluding hydrogens is 472 g/mol. The Labute approximate surface area is 225 Å². The van der Waals surface area contributed by atoms with E-state index in [4.69, 9.17) is 4.74 Å². The molecule has 0 spiro atoms. The third kappa shape index (κ3) is 7.22. The third-order valence-electron chi connectivity index (χ3n) is 6.67. The van der Waals surface area contributed by atoms with Gasteiger partial charge in [-0.3, -0.25) is 9.59 Å². The SMILES string of the molecule is CCCCNC(=O)[C@H](Cc1ccccc1)N(Cc1ccc(C)cc1)C(=O)COc1cccc2ccccc12. The smallest absolute Gasteiger partial charge is 0.261 e. The minimum Gasteiger partial charge on any atom is -0.483 e. The molecule has 0 aliphatic carbocycles. The van der Waals surface area contributed by atoms with Crippen molar-refractivity contribution in [3.05, 3.63) is 114 Å². The highest BCUT2D eigenvalue weighted by molar-refractivity contribution is 5.90. The van der Waals surface area contributed by atoms with Gasteiger partial charge in [0.15, 0.2) is 6.61 Å². The third-order valence-corrected chi connectivity index (χ3v) is 6.67. The zero-order chi connectivity index (χ0) is 26.7. The monoisotopic (exact) mass is 508 g/mol. The molecule has 0 saturated heterocycles. The molecule has 0 saturated carbocycles. The molecule has 0 fully saturated rings. The van der Waals surface area contributed by atoms with Crippen molar-refractivity contribution in [3.8, 4) is 5.75 Å². The largest absolute Gasteiger partial charge is 0.483 e. The van der Waals surface area contributed by atoms with Crippen LogP contribution in [0.25, 0.3) is 10.8 Å². The molecule has 1 atom stereocenters. The van der Waals surface area contributed by atoms with Gasteiger partial charge in [0.2, 0.25) is 5.91 Å². The van der Waals surface area contributed by atoms with E-state index < -0.39 is 6.04 Å². The van der Waals surface area contributed by atoms with Crippen molar-refractivity contribution >= 4 is 22.6 Å². The number of carbonyl (C=O) groups excluding carboxylic acids is 2. The molecule has 5 nitrogen and oxygen atoms in total. The van der Waals surface area contributed by atoms with Gasteiger partial charge >= 0.3 is 0 Å². The first-order valence-electron chi connectivity index (χ1n) is 13.3. The van der Waals surface area contributed by atoms with Gasteiger partial charge in [-0.15, -0.1) is 0 Å². The van der Waals surface area contributed by atoms with Crippen molar-refractivity contribution in [2.75, 3.05) is 13.2 Å². The van der Waals surface area contributed by atoms with Crippen LogP contribution in [0, 0.1) is 6.92 Å². The number of carbonyl (C=O) groups is 2. The Morgan fingerprint density at radius 2 is 1.55 bits per heavy atom. The van der Waals surface area contributed by atoms with Gasteiger partial charge in [-0.1, -0.05) is 110 Å². The summed E-state index contributed by atoms with van der Waals surface area (Å²) in [6.45, 7) is 4.86. The molecule has 0 aliphatic heterocycles. The molecule has 0 heterocycles. The number of nitrogens with zero attached hydrogens (tertiary/aromatic N) is 1. The van der Waals surface area contributed by atoms with E-state index in [0.29, 0.717) is 25.3 Å². The highest BCUT2D eigenvalue weighted by Gasteiger charge is 2.30. The molecule has 2 amide bonds. The standard InChI is InChI=1S/C33H36N2O3/c1-3-4-21-34-33(37)30(22-26-11-6-5-7-12-26)35(23-27-19-17-25(2)18-20-27)32(36)24-38-31-16-10-14-28-13-8-9-15-29(28)31/h5-20,30H,3-4,21-24H2,1-2H3,(H,34,37)/t30-/m0/s1. The fraction of sp³-hybridized carbons (Fsp3) is 0.273. The van der Waals surface area contributed by atoms with Gasteiger partial charge < -0.3 is 15.0 Å². The highest BCUT2D eigenvalue weighted by Crippen LogP contribution is 2.25. The van der Waals surface area contributed by atoms with Gasteiger partial charge in [-0.25, -0.2) is 0 Å². The Hall–Kier alpha value is -4.12. The lowest BCUT2D eigenvalue weighted by atomic mass is 10.0. The lowest BCUT2D eigenvalue weighted by Crippen LogP contribution is -2.51. The number of benzene rings is 4. The van der Waals surface area contributed by atoms with E-state index in [2.05, 4.69) is 12.2 Å². The normalized spacial score (nSPS) is 11.6. The van der Waals surface area contributed by atoms with Crippen molar-refractivity contribution in [1.82, 2.24) is 10.2 Å². The van der Waals surface area contributed by atoms with Crippen LogP contribution in [0.5, 0.6) is 5.75 Å². The van der Waals surface area contributed by atoms with E-state index in [0.717, 1.165) is 40.3 Å². The van der Waals surface area contributed by atoms with E-state index >= 15 is 0 Å². The second-order valence-electron chi connectivity index (χ2n) is 9.62. The van der Waals surface area contributed by atoms with Crippen LogP contribution in [0.4, 0.5) is 0 Å². The van der Waals surface area contributed by atoms with Crippen LogP contribution >= 0.6 is 0 Å². The maximum Gasteiger partial charge on any atom is 0.261 e. The van der Waals surface area contributed by atoms with Gasteiger partial charge in [0, 0.05) is 24.9 Å². The number of unbranched alkanes of at least 4 members (excludes halogenated alkanes) is 1. The molecule has 196 valence electrons. The van der Waals surface area contributed by atoms with Crippen LogP contribution in [0.1, 0.15) is 36.5 Å². The van der Waals surface area contributed by atoms with Gasteiger partial charge in [0.1, 0.15) is 11.8 Å². The highest BCUT2D eigenvalue weighted by atomic mass is 16.5. The Kier molecular flexibility index (Phi) is 9.52. The predicted molar refractivity (Wildman–Crippen MR) is 153 cm³/mol. The summed E-state index contributed by atoms with van der Waals surface area (Å²) in [5.74, 6) is 0.275. The average molecular weight is 509 g/mol. The number of hydrogen-bond acceptors (Lipinski definition) is 3. The fourth-order valence-electron chi connectivity index (χ4n) is 4.49. The van der Waals surface area contributed by atoms with Crippen LogP contribution in [0.15, 0.2) is 97.1 Å². The summed E-state index contributed by atoms with van der Waals surface area (Å²) in [7, 11) is 0. The fourth-order valence-corrected chi connectivity index (χ4v) is 4.49. The minimum atomic E-state index is -0.667. The van der Waals surface area contributed by atoms with Crippen LogP contribution in [-0.4, -0.2) is 35.9 Å². The van der Waals surface area contributed by atoms with E-state index in [1.54, 1.807) is 4.90 Å². The number of hydrogen-bond donors (Lipinski definition) is 1. The summed E-state index contributed by atoms with van der Waals surface area (Å²) in [6.07, 6.45) is 2.29. The second kappa shape index (κ2) is 13.4. The van der Waals surface area contributed by atoms with E-state index in [1.807, 2.05) is 104 Å². The Bertz CT molecular complexity index is 1330. The molecule has 1 N–H and O–H groups in total. The lowest BCUT2D eigenvalue weighted by molar-refractivity contribution is -0.142. The first kappa shape index (κ1) is 26.9. The van der Waals surface area contributed by atoms with Crippen molar-refractivity contribution < 1.29 is 14.3 Å². The number of ether oxygens (including phenoxy) is 1. The first-order chi connectivity index (χ1) is 18.5. The molecule has 0 radical (unpaired) electrons. The lowest BCUT2D eigenvalue weighted by Gasteiger charge is -2.31. The van der Waals surface area contributed by atoms with Crippen molar-refractivity contribution in [2.24, 2.45) is 0 Å². The first-order valence-corrected chi connectivity index (χ1v) is 13.3. The molecule has 38 heavy (non-hydrogen) atoms. The van der Waals surface area contributed by atoms with Gasteiger partial charge in [-0.2, -0.15) is 0 Å². The van der Waals surface area contributed by atoms with Crippen molar-refractivity contribution in [1.29, 1.82) is 0 Å². The maximum atomic E-state index is 13.8. The summed E-state index contributed by atoms with van der Waals surface area (Å²) in [6, 6.07) is 31.0.